The van der Waals surface area contributed by atoms with Gasteiger partial charge in [0.1, 0.15) is 10.6 Å². The molecule has 19 heavy (non-hydrogen) atoms. The minimum Gasteiger partial charge on any atom is -0.491 e. The number of rotatable bonds is 4. The molecular formula is C14H15NO3S. The van der Waals surface area contributed by atoms with Crippen LogP contribution >= 0.6 is 11.3 Å². The number of carbonyl (C=O) groups is 1. The van der Waals surface area contributed by atoms with Crippen LogP contribution in [0.5, 0.6) is 5.75 Å². The van der Waals surface area contributed by atoms with E-state index in [2.05, 4.69) is 0 Å². The van der Waals surface area contributed by atoms with Crippen LogP contribution in [0.15, 0.2) is 30.3 Å². The number of benzene rings is 1. The van der Waals surface area contributed by atoms with Crippen LogP contribution in [-0.4, -0.2) is 17.2 Å². The van der Waals surface area contributed by atoms with Gasteiger partial charge in [0.2, 0.25) is 0 Å². The Morgan fingerprint density at radius 3 is 2.68 bits per heavy atom. The third-order valence-electron chi connectivity index (χ3n) is 2.45. The van der Waals surface area contributed by atoms with Crippen molar-refractivity contribution in [1.29, 1.82) is 0 Å². The number of carboxylic acids is 1. The van der Waals surface area contributed by atoms with E-state index >= 15 is 0 Å². The van der Waals surface area contributed by atoms with E-state index in [9.17, 15) is 4.79 Å². The van der Waals surface area contributed by atoms with Gasteiger partial charge in [-0.15, -0.1) is 11.3 Å². The Kier molecular flexibility index (Phi) is 3.76. The second-order valence-electron chi connectivity index (χ2n) is 4.39. The number of nitrogens with two attached hydrogens (primary N) is 1. The molecule has 100 valence electrons. The summed E-state index contributed by atoms with van der Waals surface area (Å²) in [5.41, 5.74) is 6.90. The molecule has 2 aromatic rings. The highest BCUT2D eigenvalue weighted by Crippen LogP contribution is 2.34. The molecule has 0 saturated heterocycles. The van der Waals surface area contributed by atoms with Gasteiger partial charge in [0.15, 0.2) is 0 Å². The third-order valence-corrected chi connectivity index (χ3v) is 3.63. The number of anilines is 1. The minimum atomic E-state index is -0.997. The summed E-state index contributed by atoms with van der Waals surface area (Å²) in [4.78, 5) is 12.0. The standard InChI is InChI=1S/C14H15NO3S/c1-8(2)18-10-5-3-4-9(6-10)12-7-11(15)13(19-12)14(16)17/h3-8H,15H2,1-2H3,(H,16,17). The Morgan fingerprint density at radius 2 is 2.11 bits per heavy atom. The normalized spacial score (nSPS) is 10.7. The van der Waals surface area contributed by atoms with Gasteiger partial charge in [-0.05, 0) is 37.6 Å². The van der Waals surface area contributed by atoms with E-state index in [0.29, 0.717) is 5.69 Å². The zero-order valence-corrected chi connectivity index (χ0v) is 11.5. The molecule has 0 aliphatic carbocycles. The second kappa shape index (κ2) is 5.32. The van der Waals surface area contributed by atoms with E-state index in [1.807, 2.05) is 38.1 Å². The molecule has 0 atom stereocenters. The molecule has 1 heterocycles. The number of carboxylic acid groups (broad SMARTS) is 1. The summed E-state index contributed by atoms with van der Waals surface area (Å²) in [6.45, 7) is 3.91. The lowest BCUT2D eigenvalue weighted by Crippen LogP contribution is -2.05. The molecule has 5 heteroatoms. The van der Waals surface area contributed by atoms with Crippen LogP contribution in [0, 0.1) is 0 Å². The molecule has 3 N–H and O–H groups in total. The van der Waals surface area contributed by atoms with Crippen LogP contribution < -0.4 is 10.5 Å². The highest BCUT2D eigenvalue weighted by molar-refractivity contribution is 7.17. The van der Waals surface area contributed by atoms with Crippen molar-refractivity contribution in [2.24, 2.45) is 0 Å². The van der Waals surface area contributed by atoms with E-state index in [4.69, 9.17) is 15.6 Å². The Hall–Kier alpha value is -2.01. The monoisotopic (exact) mass is 277 g/mol. The first-order chi connectivity index (χ1) is 8.97. The zero-order chi connectivity index (χ0) is 14.0. The van der Waals surface area contributed by atoms with E-state index in [1.165, 1.54) is 11.3 Å². The van der Waals surface area contributed by atoms with Gasteiger partial charge in [0, 0.05) is 4.88 Å². The third kappa shape index (κ3) is 3.06. The largest absolute Gasteiger partial charge is 0.491 e. The Bertz CT molecular complexity index is 604. The maximum Gasteiger partial charge on any atom is 0.348 e. The topological polar surface area (TPSA) is 72.5 Å². The van der Waals surface area contributed by atoms with Crippen molar-refractivity contribution >= 4 is 23.0 Å². The van der Waals surface area contributed by atoms with E-state index in [1.54, 1.807) is 6.07 Å². The summed E-state index contributed by atoms with van der Waals surface area (Å²) in [5.74, 6) is -0.236. The zero-order valence-electron chi connectivity index (χ0n) is 10.7. The molecule has 0 aliphatic heterocycles. The Morgan fingerprint density at radius 1 is 1.37 bits per heavy atom. The van der Waals surface area contributed by atoms with Crippen LogP contribution in [0.25, 0.3) is 10.4 Å². The van der Waals surface area contributed by atoms with Crippen molar-refractivity contribution in [1.82, 2.24) is 0 Å². The van der Waals surface area contributed by atoms with Gasteiger partial charge < -0.3 is 15.6 Å². The number of aromatic carboxylic acids is 1. The fourth-order valence-electron chi connectivity index (χ4n) is 1.71. The summed E-state index contributed by atoms with van der Waals surface area (Å²) >= 11 is 1.17. The van der Waals surface area contributed by atoms with E-state index in [0.717, 1.165) is 16.2 Å². The minimum absolute atomic E-state index is 0.0956. The van der Waals surface area contributed by atoms with Crippen LogP contribution in [0.1, 0.15) is 23.5 Å². The van der Waals surface area contributed by atoms with Crippen molar-refractivity contribution in [3.05, 3.63) is 35.2 Å². The SMILES string of the molecule is CC(C)Oc1cccc(-c2cc(N)c(C(=O)O)s2)c1. The van der Waals surface area contributed by atoms with Gasteiger partial charge in [-0.2, -0.15) is 0 Å². The number of thiophene rings is 1. The number of hydrogen-bond donors (Lipinski definition) is 2. The average molecular weight is 277 g/mol. The Balaban J connectivity index is 2.36. The maximum absolute atomic E-state index is 11.0. The van der Waals surface area contributed by atoms with Crippen molar-refractivity contribution < 1.29 is 14.6 Å². The smallest absolute Gasteiger partial charge is 0.348 e. The first kappa shape index (κ1) is 13.4. The number of ether oxygens (including phenoxy) is 1. The number of nitrogen functional groups attached to an aromatic ring is 1. The summed E-state index contributed by atoms with van der Waals surface area (Å²) in [7, 11) is 0. The Labute approximate surface area is 115 Å². The first-order valence-corrected chi connectivity index (χ1v) is 6.68. The molecule has 0 radical (unpaired) electrons. The van der Waals surface area contributed by atoms with Crippen molar-refractivity contribution in [3.63, 3.8) is 0 Å². The van der Waals surface area contributed by atoms with E-state index in [-0.39, 0.29) is 11.0 Å². The molecule has 1 aromatic heterocycles. The van der Waals surface area contributed by atoms with Gasteiger partial charge in [-0.1, -0.05) is 12.1 Å². The molecular weight excluding hydrogens is 262 g/mol. The van der Waals surface area contributed by atoms with Crippen molar-refractivity contribution in [2.45, 2.75) is 20.0 Å². The average Bonchev–Trinajstić information content (AvgIpc) is 2.71. The molecule has 0 fully saturated rings. The van der Waals surface area contributed by atoms with Crippen LogP contribution in [-0.2, 0) is 0 Å². The van der Waals surface area contributed by atoms with Gasteiger partial charge in [-0.25, -0.2) is 4.79 Å². The lowest BCUT2D eigenvalue weighted by molar-refractivity contribution is 0.0703. The van der Waals surface area contributed by atoms with Crippen molar-refractivity contribution in [2.75, 3.05) is 5.73 Å². The summed E-state index contributed by atoms with van der Waals surface area (Å²) in [6.07, 6.45) is 0.0956. The van der Waals surface area contributed by atoms with Gasteiger partial charge >= 0.3 is 5.97 Å². The molecule has 1 aromatic carbocycles. The molecule has 2 rings (SSSR count). The predicted molar refractivity (Wildman–Crippen MR) is 76.9 cm³/mol. The quantitative estimate of drug-likeness (QED) is 0.897. The first-order valence-electron chi connectivity index (χ1n) is 5.87. The second-order valence-corrected chi connectivity index (χ2v) is 5.45. The molecule has 0 spiro atoms. The molecule has 0 bridgehead atoms. The van der Waals surface area contributed by atoms with Gasteiger partial charge in [0.05, 0.1) is 11.8 Å². The van der Waals surface area contributed by atoms with Gasteiger partial charge in [0.25, 0.3) is 0 Å². The molecule has 0 amide bonds. The maximum atomic E-state index is 11.0. The van der Waals surface area contributed by atoms with Crippen LogP contribution in [0.4, 0.5) is 5.69 Å². The number of hydrogen-bond acceptors (Lipinski definition) is 4. The summed E-state index contributed by atoms with van der Waals surface area (Å²) < 4.78 is 5.62. The summed E-state index contributed by atoms with van der Waals surface area (Å²) in [6, 6.07) is 9.23. The fourth-order valence-corrected chi connectivity index (χ4v) is 2.62. The predicted octanol–water partition coefficient (Wildman–Crippen LogP) is 3.48. The van der Waals surface area contributed by atoms with Crippen LogP contribution in [0.2, 0.25) is 0 Å². The van der Waals surface area contributed by atoms with E-state index < -0.39 is 5.97 Å². The fraction of sp³-hybridized carbons (Fsp3) is 0.214. The van der Waals surface area contributed by atoms with Gasteiger partial charge in [-0.3, -0.25) is 0 Å². The van der Waals surface area contributed by atoms with Crippen LogP contribution in [0.3, 0.4) is 0 Å². The molecule has 4 nitrogen and oxygen atoms in total. The molecule has 0 aliphatic rings. The highest BCUT2D eigenvalue weighted by Gasteiger charge is 2.14. The summed E-state index contributed by atoms with van der Waals surface area (Å²) in [5, 5.41) is 9.01. The highest BCUT2D eigenvalue weighted by atomic mass is 32.1. The lowest BCUT2D eigenvalue weighted by Gasteiger charge is -2.10. The molecule has 0 saturated carbocycles. The van der Waals surface area contributed by atoms with Crippen molar-refractivity contribution in [3.8, 4) is 16.2 Å². The molecule has 0 unspecified atom stereocenters. The lowest BCUT2D eigenvalue weighted by atomic mass is 10.1.